The van der Waals surface area contributed by atoms with Gasteiger partial charge in [0, 0.05) is 35.7 Å². The first-order chi connectivity index (χ1) is 9.76. The number of esters is 1. The molecular weight excluding hydrogens is 262 g/mol. The summed E-state index contributed by atoms with van der Waals surface area (Å²) in [5.74, 6) is -0.334. The lowest BCUT2D eigenvalue weighted by Gasteiger charge is -2.56. The summed E-state index contributed by atoms with van der Waals surface area (Å²) in [5, 5.41) is 0. The number of ether oxygens (including phenoxy) is 1. The van der Waals surface area contributed by atoms with E-state index in [1.807, 2.05) is 6.07 Å². The number of hydrogen-bond donors (Lipinski definition) is 0. The van der Waals surface area contributed by atoms with Crippen LogP contribution >= 0.6 is 0 Å². The number of hydrogen-bond acceptors (Lipinski definition) is 3. The van der Waals surface area contributed by atoms with Gasteiger partial charge in [-0.3, -0.25) is 0 Å². The molecule has 1 aromatic carbocycles. The molecule has 0 atom stereocenters. The van der Waals surface area contributed by atoms with Crippen LogP contribution in [0.2, 0.25) is 0 Å². The van der Waals surface area contributed by atoms with Crippen LogP contribution in [-0.4, -0.2) is 23.2 Å². The van der Waals surface area contributed by atoms with Gasteiger partial charge in [0.25, 0.3) is 0 Å². The summed E-state index contributed by atoms with van der Waals surface area (Å²) in [7, 11) is 0. The summed E-state index contributed by atoms with van der Waals surface area (Å²) in [5.41, 5.74) is 1.03. The highest BCUT2D eigenvalue weighted by Crippen LogP contribution is 2.42. The minimum absolute atomic E-state index is 0.0690. The lowest BCUT2D eigenvalue weighted by atomic mass is 9.77. The molecule has 3 nitrogen and oxygen atoms in total. The van der Waals surface area contributed by atoms with Crippen LogP contribution in [0.5, 0.6) is 0 Å². The third-order valence-corrected chi connectivity index (χ3v) is 4.13. The van der Waals surface area contributed by atoms with Gasteiger partial charge in [0.05, 0.1) is 0 Å². The summed E-state index contributed by atoms with van der Waals surface area (Å²) >= 11 is 0. The Labute approximate surface area is 127 Å². The second-order valence-corrected chi connectivity index (χ2v) is 6.97. The van der Waals surface area contributed by atoms with E-state index in [-0.39, 0.29) is 23.2 Å². The molecule has 0 saturated carbocycles. The molecule has 1 saturated heterocycles. The number of anilines is 1. The summed E-state index contributed by atoms with van der Waals surface area (Å²) in [6.07, 6.45) is 2.79. The zero-order valence-electron chi connectivity index (χ0n) is 13.4. The normalized spacial score (nSPS) is 20.9. The maximum Gasteiger partial charge on any atom is 0.330 e. The van der Waals surface area contributed by atoms with Gasteiger partial charge < -0.3 is 9.64 Å². The molecule has 0 unspecified atom stereocenters. The quantitative estimate of drug-likeness (QED) is 0.623. The van der Waals surface area contributed by atoms with E-state index in [4.69, 9.17) is 4.74 Å². The van der Waals surface area contributed by atoms with Gasteiger partial charge in [-0.2, -0.15) is 0 Å². The highest BCUT2D eigenvalue weighted by Gasteiger charge is 2.46. The van der Waals surface area contributed by atoms with E-state index >= 15 is 0 Å². The molecule has 2 rings (SSSR count). The predicted octanol–water partition coefficient (Wildman–Crippen LogP) is 3.94. The Bertz CT molecular complexity index is 501. The summed E-state index contributed by atoms with van der Waals surface area (Å²) in [6, 6.07) is 10.4. The molecule has 0 spiro atoms. The second-order valence-electron chi connectivity index (χ2n) is 6.97. The van der Waals surface area contributed by atoms with Crippen LogP contribution in [0.4, 0.5) is 5.69 Å². The van der Waals surface area contributed by atoms with E-state index in [1.165, 1.54) is 11.8 Å². The fourth-order valence-corrected chi connectivity index (χ4v) is 3.76. The van der Waals surface area contributed by atoms with E-state index in [0.717, 1.165) is 12.8 Å². The highest BCUT2D eigenvalue weighted by atomic mass is 16.5. The van der Waals surface area contributed by atoms with Crippen LogP contribution < -0.4 is 4.90 Å². The Morgan fingerprint density at radius 1 is 1.19 bits per heavy atom. The third kappa shape index (κ3) is 3.29. The zero-order chi connectivity index (χ0) is 15.7. The van der Waals surface area contributed by atoms with Crippen molar-refractivity contribution in [1.29, 1.82) is 0 Å². The van der Waals surface area contributed by atoms with Crippen LogP contribution in [0.15, 0.2) is 43.0 Å². The number of carbonyl (C=O) groups excluding carboxylic acids is 1. The van der Waals surface area contributed by atoms with Gasteiger partial charge in [-0.15, -0.1) is 0 Å². The molecule has 1 aliphatic heterocycles. The first kappa shape index (κ1) is 15.6. The molecule has 21 heavy (non-hydrogen) atoms. The molecule has 0 radical (unpaired) electrons. The van der Waals surface area contributed by atoms with Crippen molar-refractivity contribution in [2.24, 2.45) is 0 Å². The van der Waals surface area contributed by atoms with E-state index in [1.54, 1.807) is 0 Å². The van der Waals surface area contributed by atoms with Crippen molar-refractivity contribution in [3.8, 4) is 0 Å². The summed E-state index contributed by atoms with van der Waals surface area (Å²) in [6.45, 7) is 12.3. The average Bonchev–Trinajstić information content (AvgIpc) is 2.36. The van der Waals surface area contributed by atoms with Crippen molar-refractivity contribution in [3.63, 3.8) is 0 Å². The Hall–Kier alpha value is -1.77. The topological polar surface area (TPSA) is 29.5 Å². The first-order valence-corrected chi connectivity index (χ1v) is 7.45. The van der Waals surface area contributed by atoms with Gasteiger partial charge in [0.2, 0.25) is 0 Å². The third-order valence-electron chi connectivity index (χ3n) is 4.13. The molecule has 0 aliphatic carbocycles. The number of carbonyl (C=O) groups is 1. The molecule has 1 aliphatic rings. The van der Waals surface area contributed by atoms with Crippen molar-refractivity contribution < 1.29 is 9.53 Å². The first-order valence-electron chi connectivity index (χ1n) is 7.45. The van der Waals surface area contributed by atoms with Crippen LogP contribution in [-0.2, 0) is 9.53 Å². The van der Waals surface area contributed by atoms with E-state index in [0.29, 0.717) is 0 Å². The highest BCUT2D eigenvalue weighted by molar-refractivity contribution is 5.81. The minimum atomic E-state index is -0.334. The van der Waals surface area contributed by atoms with Gasteiger partial charge in [0.1, 0.15) is 6.10 Å². The Morgan fingerprint density at radius 3 is 2.19 bits per heavy atom. The van der Waals surface area contributed by atoms with E-state index in [9.17, 15) is 4.79 Å². The molecule has 1 fully saturated rings. The second kappa shape index (κ2) is 5.55. The fourth-order valence-electron chi connectivity index (χ4n) is 3.76. The fraction of sp³-hybridized carbons (Fsp3) is 0.500. The van der Waals surface area contributed by atoms with Crippen molar-refractivity contribution in [2.75, 3.05) is 4.90 Å². The Balaban J connectivity index is 2.29. The van der Waals surface area contributed by atoms with Gasteiger partial charge in [-0.1, -0.05) is 24.8 Å². The van der Waals surface area contributed by atoms with Gasteiger partial charge in [-0.05, 0) is 39.8 Å². The van der Waals surface area contributed by atoms with Crippen molar-refractivity contribution in [1.82, 2.24) is 0 Å². The lowest BCUT2D eigenvalue weighted by molar-refractivity contribution is -0.146. The van der Waals surface area contributed by atoms with Crippen molar-refractivity contribution in [3.05, 3.63) is 43.0 Å². The van der Waals surface area contributed by atoms with Crippen molar-refractivity contribution in [2.45, 2.75) is 57.7 Å². The van der Waals surface area contributed by atoms with Gasteiger partial charge in [0.15, 0.2) is 0 Å². The number of rotatable bonds is 3. The van der Waals surface area contributed by atoms with E-state index < -0.39 is 0 Å². The maximum absolute atomic E-state index is 11.5. The molecule has 114 valence electrons. The van der Waals surface area contributed by atoms with Gasteiger partial charge >= 0.3 is 5.97 Å². The number of para-hydroxylation sites is 1. The molecule has 0 aromatic heterocycles. The summed E-state index contributed by atoms with van der Waals surface area (Å²) < 4.78 is 5.51. The number of benzene rings is 1. The average molecular weight is 287 g/mol. The van der Waals surface area contributed by atoms with Crippen molar-refractivity contribution >= 4 is 11.7 Å². The molecule has 1 aromatic rings. The molecule has 0 N–H and O–H groups in total. The molecule has 0 amide bonds. The largest absolute Gasteiger partial charge is 0.459 e. The number of nitrogens with zero attached hydrogens (tertiary/aromatic N) is 1. The Morgan fingerprint density at radius 2 is 1.71 bits per heavy atom. The zero-order valence-corrected chi connectivity index (χ0v) is 13.4. The number of piperidine rings is 1. The minimum Gasteiger partial charge on any atom is -0.459 e. The van der Waals surface area contributed by atoms with Crippen LogP contribution in [0.3, 0.4) is 0 Å². The lowest BCUT2D eigenvalue weighted by Crippen LogP contribution is -2.62. The van der Waals surface area contributed by atoms with Crippen LogP contribution in [0.25, 0.3) is 0 Å². The van der Waals surface area contributed by atoms with Gasteiger partial charge in [-0.25, -0.2) is 4.79 Å². The summed E-state index contributed by atoms with van der Waals surface area (Å²) in [4.78, 5) is 13.9. The molecule has 3 heteroatoms. The molecule has 0 bridgehead atoms. The maximum atomic E-state index is 11.5. The standard InChI is InChI=1S/C18H25NO2/c1-6-16(20)21-15-12-17(2,3)19(18(4,5)13-15)14-10-8-7-9-11-14/h6-11,15H,1,12-13H2,2-5H3. The monoisotopic (exact) mass is 287 g/mol. The van der Waals surface area contributed by atoms with Crippen LogP contribution in [0.1, 0.15) is 40.5 Å². The SMILES string of the molecule is C=CC(=O)OC1CC(C)(C)N(c2ccccc2)C(C)(C)C1. The predicted molar refractivity (Wildman–Crippen MR) is 86.4 cm³/mol. The smallest absolute Gasteiger partial charge is 0.330 e. The molecular formula is C18H25NO2. The van der Waals surface area contributed by atoms with E-state index in [2.05, 4.69) is 63.4 Å². The Kier molecular flexibility index (Phi) is 4.13. The molecule has 1 heterocycles. The van der Waals surface area contributed by atoms with Crippen LogP contribution in [0, 0.1) is 0 Å².